The molecule has 0 spiro atoms. The molecule has 0 saturated heterocycles. The molecule has 4 N–H and O–H groups in total. The number of carbonyl (C=O) groups excluding carboxylic acids is 2. The Morgan fingerprint density at radius 1 is 1.21 bits per heavy atom. The minimum atomic E-state index is -0.524. The molecule has 5 nitrogen and oxygen atoms in total. The molecular formula is C14H21N3O2. The molecule has 0 radical (unpaired) electrons. The topological polar surface area (TPSA) is 84.2 Å². The molecule has 0 saturated carbocycles. The van der Waals surface area contributed by atoms with Gasteiger partial charge in [0, 0.05) is 18.3 Å². The number of nitrogens with two attached hydrogens (primary N) is 1. The number of rotatable bonds is 5. The molecule has 0 fully saturated rings. The van der Waals surface area contributed by atoms with E-state index in [1.807, 2.05) is 13.8 Å². The van der Waals surface area contributed by atoms with Crippen LogP contribution in [0, 0.1) is 5.92 Å². The van der Waals surface area contributed by atoms with Crippen LogP contribution in [0.3, 0.4) is 0 Å². The maximum absolute atomic E-state index is 11.9. The van der Waals surface area contributed by atoms with Crippen LogP contribution in [0.4, 0.5) is 11.4 Å². The Hall–Kier alpha value is -1.88. The average Bonchev–Trinajstić information content (AvgIpc) is 2.27. The minimum Gasteiger partial charge on any atom is -0.326 e. The summed E-state index contributed by atoms with van der Waals surface area (Å²) in [5.74, 6) is 0.000115. The third-order valence-corrected chi connectivity index (χ3v) is 2.51. The second kappa shape index (κ2) is 6.89. The van der Waals surface area contributed by atoms with Gasteiger partial charge in [0.25, 0.3) is 0 Å². The molecular weight excluding hydrogens is 242 g/mol. The molecule has 0 aliphatic carbocycles. The fourth-order valence-electron chi connectivity index (χ4n) is 1.73. The van der Waals surface area contributed by atoms with Crippen LogP contribution in [0.15, 0.2) is 24.3 Å². The fraction of sp³-hybridized carbons (Fsp3) is 0.429. The van der Waals surface area contributed by atoms with Crippen LogP contribution in [0.25, 0.3) is 0 Å². The van der Waals surface area contributed by atoms with Gasteiger partial charge in [0.1, 0.15) is 0 Å². The van der Waals surface area contributed by atoms with Crippen molar-refractivity contribution < 1.29 is 9.59 Å². The maximum Gasteiger partial charge on any atom is 0.241 e. The van der Waals surface area contributed by atoms with Crippen molar-refractivity contribution in [2.45, 2.75) is 33.2 Å². The van der Waals surface area contributed by atoms with E-state index in [1.54, 1.807) is 24.3 Å². The first-order chi connectivity index (χ1) is 8.88. The summed E-state index contributed by atoms with van der Waals surface area (Å²) in [6, 6.07) is 6.44. The van der Waals surface area contributed by atoms with Crippen molar-refractivity contribution in [2.24, 2.45) is 11.7 Å². The molecule has 1 rings (SSSR count). The van der Waals surface area contributed by atoms with Gasteiger partial charge in [-0.25, -0.2) is 0 Å². The molecule has 5 heteroatoms. The van der Waals surface area contributed by atoms with E-state index in [1.165, 1.54) is 6.92 Å². The van der Waals surface area contributed by atoms with Crippen molar-refractivity contribution in [3.8, 4) is 0 Å². The van der Waals surface area contributed by atoms with Gasteiger partial charge in [0.05, 0.1) is 6.04 Å². The standard InChI is InChI=1S/C14H21N3O2/c1-9(2)7-13(15)14(19)17-12-6-4-5-11(8-12)16-10(3)18/h4-6,8-9,13H,7,15H2,1-3H3,(H,16,18)(H,17,19). The first-order valence-electron chi connectivity index (χ1n) is 6.32. The van der Waals surface area contributed by atoms with Crippen LogP contribution in [-0.2, 0) is 9.59 Å². The summed E-state index contributed by atoms with van der Waals surface area (Å²) < 4.78 is 0. The Morgan fingerprint density at radius 3 is 2.32 bits per heavy atom. The van der Waals surface area contributed by atoms with Crippen LogP contribution in [0.2, 0.25) is 0 Å². The molecule has 0 bridgehead atoms. The lowest BCUT2D eigenvalue weighted by Crippen LogP contribution is -2.36. The van der Waals surface area contributed by atoms with E-state index >= 15 is 0 Å². The van der Waals surface area contributed by atoms with Gasteiger partial charge in [-0.15, -0.1) is 0 Å². The molecule has 104 valence electrons. The molecule has 1 atom stereocenters. The van der Waals surface area contributed by atoms with Gasteiger partial charge in [0.15, 0.2) is 0 Å². The number of amides is 2. The zero-order valence-electron chi connectivity index (χ0n) is 11.6. The first-order valence-corrected chi connectivity index (χ1v) is 6.32. The summed E-state index contributed by atoms with van der Waals surface area (Å²) in [6.07, 6.45) is 0.636. The Kier molecular flexibility index (Phi) is 5.51. The van der Waals surface area contributed by atoms with Gasteiger partial charge >= 0.3 is 0 Å². The van der Waals surface area contributed by atoms with E-state index in [9.17, 15) is 9.59 Å². The molecule has 19 heavy (non-hydrogen) atoms. The van der Waals surface area contributed by atoms with Crippen LogP contribution in [0.1, 0.15) is 27.2 Å². The lowest BCUT2D eigenvalue weighted by atomic mass is 10.0. The van der Waals surface area contributed by atoms with E-state index in [2.05, 4.69) is 10.6 Å². The number of nitrogens with one attached hydrogen (secondary N) is 2. The predicted octanol–water partition coefficient (Wildman–Crippen LogP) is 1.96. The number of anilines is 2. The fourth-order valence-corrected chi connectivity index (χ4v) is 1.73. The Bertz CT molecular complexity index is 458. The van der Waals surface area contributed by atoms with Crippen molar-refractivity contribution in [1.82, 2.24) is 0 Å². The van der Waals surface area contributed by atoms with Crippen molar-refractivity contribution >= 4 is 23.2 Å². The van der Waals surface area contributed by atoms with Crippen LogP contribution < -0.4 is 16.4 Å². The predicted molar refractivity (Wildman–Crippen MR) is 76.8 cm³/mol. The highest BCUT2D eigenvalue weighted by Gasteiger charge is 2.15. The number of carbonyl (C=O) groups is 2. The maximum atomic E-state index is 11.9. The van der Waals surface area contributed by atoms with Crippen molar-refractivity contribution in [3.63, 3.8) is 0 Å². The second-order valence-electron chi connectivity index (χ2n) is 4.99. The van der Waals surface area contributed by atoms with E-state index in [-0.39, 0.29) is 11.8 Å². The summed E-state index contributed by atoms with van der Waals surface area (Å²) in [6.45, 7) is 5.47. The van der Waals surface area contributed by atoms with Gasteiger partial charge < -0.3 is 16.4 Å². The number of benzene rings is 1. The van der Waals surface area contributed by atoms with E-state index in [0.717, 1.165) is 0 Å². The zero-order chi connectivity index (χ0) is 14.4. The lowest BCUT2D eigenvalue weighted by molar-refractivity contribution is -0.117. The van der Waals surface area contributed by atoms with Crippen LogP contribution >= 0.6 is 0 Å². The van der Waals surface area contributed by atoms with Gasteiger partial charge in [-0.2, -0.15) is 0 Å². The molecule has 0 aliphatic heterocycles. The number of hydrogen-bond acceptors (Lipinski definition) is 3. The summed E-state index contributed by atoms with van der Waals surface area (Å²) in [7, 11) is 0. The van der Waals surface area contributed by atoms with Crippen molar-refractivity contribution in [2.75, 3.05) is 10.6 Å². The summed E-state index contributed by atoms with van der Waals surface area (Å²) in [5.41, 5.74) is 7.07. The van der Waals surface area contributed by atoms with Gasteiger partial charge in [-0.1, -0.05) is 19.9 Å². The molecule has 0 heterocycles. The SMILES string of the molecule is CC(=O)Nc1cccc(NC(=O)C(N)CC(C)C)c1. The average molecular weight is 263 g/mol. The van der Waals surface area contributed by atoms with Gasteiger partial charge in [0.2, 0.25) is 11.8 Å². The first kappa shape index (κ1) is 15.2. The monoisotopic (exact) mass is 263 g/mol. The lowest BCUT2D eigenvalue weighted by Gasteiger charge is -2.14. The number of hydrogen-bond donors (Lipinski definition) is 3. The highest BCUT2D eigenvalue weighted by atomic mass is 16.2. The Labute approximate surface area is 113 Å². The van der Waals surface area contributed by atoms with Crippen molar-refractivity contribution in [1.29, 1.82) is 0 Å². The third kappa shape index (κ3) is 5.52. The molecule has 2 amide bonds. The molecule has 1 aromatic rings. The summed E-state index contributed by atoms with van der Waals surface area (Å²) >= 11 is 0. The molecule has 1 aromatic carbocycles. The van der Waals surface area contributed by atoms with E-state index in [0.29, 0.717) is 23.7 Å². The Morgan fingerprint density at radius 2 is 1.79 bits per heavy atom. The van der Waals surface area contributed by atoms with Crippen LogP contribution in [-0.4, -0.2) is 17.9 Å². The van der Waals surface area contributed by atoms with Gasteiger partial charge in [-0.3, -0.25) is 9.59 Å². The third-order valence-electron chi connectivity index (χ3n) is 2.51. The highest BCUT2D eigenvalue weighted by Crippen LogP contribution is 2.15. The Balaban J connectivity index is 2.66. The van der Waals surface area contributed by atoms with Crippen molar-refractivity contribution in [3.05, 3.63) is 24.3 Å². The smallest absolute Gasteiger partial charge is 0.241 e. The van der Waals surface area contributed by atoms with Crippen LogP contribution in [0.5, 0.6) is 0 Å². The molecule has 0 aromatic heterocycles. The van der Waals surface area contributed by atoms with Gasteiger partial charge in [-0.05, 0) is 30.5 Å². The van der Waals surface area contributed by atoms with E-state index in [4.69, 9.17) is 5.73 Å². The summed E-state index contributed by atoms with van der Waals surface area (Å²) in [5, 5.41) is 5.40. The minimum absolute atomic E-state index is 0.153. The molecule has 1 unspecified atom stereocenters. The largest absolute Gasteiger partial charge is 0.326 e. The molecule has 0 aliphatic rings. The quantitative estimate of drug-likeness (QED) is 0.759. The van der Waals surface area contributed by atoms with E-state index < -0.39 is 6.04 Å². The second-order valence-corrected chi connectivity index (χ2v) is 4.99. The zero-order valence-corrected chi connectivity index (χ0v) is 11.6. The summed E-state index contributed by atoms with van der Waals surface area (Å²) in [4.78, 5) is 22.8. The highest BCUT2D eigenvalue weighted by molar-refractivity contribution is 5.96. The normalized spacial score (nSPS) is 12.1.